The normalized spacial score (nSPS) is 10.8. The summed E-state index contributed by atoms with van der Waals surface area (Å²) in [6.07, 6.45) is 7.60. The quantitative estimate of drug-likeness (QED) is 0.241. The van der Waals surface area contributed by atoms with Crippen molar-refractivity contribution >= 4 is 28.2 Å². The number of nitrogens with one attached hydrogen (secondary N) is 2. The number of fused-ring (bicyclic) bond motifs is 1. The molecule has 5 aromatic rings. The average Bonchev–Trinajstić information content (AvgIpc) is 3.58. The number of benzene rings is 3. The second-order valence-corrected chi connectivity index (χ2v) is 9.71. The van der Waals surface area contributed by atoms with Crippen LogP contribution < -0.4 is 5.32 Å². The molecule has 0 saturated carbocycles. The van der Waals surface area contributed by atoms with Gasteiger partial charge in [0.25, 0.3) is 0 Å². The van der Waals surface area contributed by atoms with Crippen molar-refractivity contribution in [2.45, 2.75) is 25.9 Å². The molecule has 5 rings (SSSR count). The van der Waals surface area contributed by atoms with Crippen LogP contribution in [-0.4, -0.2) is 37.6 Å². The fourth-order valence-corrected chi connectivity index (χ4v) is 4.88. The Morgan fingerprint density at radius 1 is 0.974 bits per heavy atom. The van der Waals surface area contributed by atoms with E-state index in [-0.39, 0.29) is 0 Å². The molecule has 0 radical (unpaired) electrons. The smallest absolute Gasteiger partial charge is 0.169 e. The molecule has 0 aliphatic carbocycles. The first kappa shape index (κ1) is 25.2. The fourth-order valence-electron chi connectivity index (χ4n) is 4.62. The molecule has 2 heterocycles. The van der Waals surface area contributed by atoms with Crippen LogP contribution >= 0.6 is 12.2 Å². The Balaban J connectivity index is 1.28. The zero-order valence-electron chi connectivity index (χ0n) is 21.2. The van der Waals surface area contributed by atoms with Gasteiger partial charge >= 0.3 is 0 Å². The summed E-state index contributed by atoms with van der Waals surface area (Å²) in [7, 11) is 0. The summed E-state index contributed by atoms with van der Waals surface area (Å²) in [6, 6.07) is 28.7. The molecule has 190 valence electrons. The van der Waals surface area contributed by atoms with E-state index < -0.39 is 0 Å². The molecular weight excluding hydrogens is 488 g/mol. The topological polar surface area (TPSA) is 72.7 Å². The number of rotatable bonds is 10. The van der Waals surface area contributed by atoms with Gasteiger partial charge in [0.1, 0.15) is 0 Å². The van der Waals surface area contributed by atoms with E-state index in [2.05, 4.69) is 79.5 Å². The highest BCUT2D eigenvalue weighted by Crippen LogP contribution is 2.20. The summed E-state index contributed by atoms with van der Waals surface area (Å²) < 4.78 is 2.16. The second-order valence-electron chi connectivity index (χ2n) is 9.32. The number of imidazole rings is 1. The molecule has 2 aromatic heterocycles. The third kappa shape index (κ3) is 6.28. The van der Waals surface area contributed by atoms with E-state index in [1.165, 1.54) is 16.5 Å². The van der Waals surface area contributed by atoms with Gasteiger partial charge in [-0.05, 0) is 53.5 Å². The molecule has 0 bridgehead atoms. The number of thiocarbonyl (C=S) groups is 1. The van der Waals surface area contributed by atoms with Gasteiger partial charge in [-0.3, -0.25) is 0 Å². The number of nitrogens with zero attached hydrogens (tertiary/aromatic N) is 4. The SMILES string of the molecule is N#Cc1ccc(Cn2cncc2CCN(Cc2c[nH]c3ccccc23)C(=S)NCCc2ccccc2)cc1. The van der Waals surface area contributed by atoms with E-state index in [9.17, 15) is 0 Å². The van der Waals surface area contributed by atoms with Gasteiger partial charge in [0, 0.05) is 61.6 Å². The Labute approximate surface area is 228 Å². The number of aromatic nitrogens is 3. The predicted octanol–water partition coefficient (Wildman–Crippen LogP) is 5.45. The van der Waals surface area contributed by atoms with E-state index in [1.54, 1.807) is 0 Å². The molecule has 0 spiro atoms. The van der Waals surface area contributed by atoms with Gasteiger partial charge in [-0.1, -0.05) is 60.7 Å². The average molecular weight is 519 g/mol. The number of hydrogen-bond donors (Lipinski definition) is 2. The number of aromatic amines is 1. The van der Waals surface area contributed by atoms with Gasteiger partial charge in [-0.25, -0.2) is 4.98 Å². The first-order valence-electron chi connectivity index (χ1n) is 12.8. The van der Waals surface area contributed by atoms with Crippen LogP contribution in [-0.2, 0) is 25.9 Å². The van der Waals surface area contributed by atoms with Gasteiger partial charge < -0.3 is 19.8 Å². The van der Waals surface area contributed by atoms with Gasteiger partial charge in [-0.15, -0.1) is 0 Å². The van der Waals surface area contributed by atoms with E-state index in [0.29, 0.717) is 18.7 Å². The number of para-hydroxylation sites is 1. The van der Waals surface area contributed by atoms with Crippen LogP contribution in [0, 0.1) is 11.3 Å². The minimum atomic E-state index is 0.667. The summed E-state index contributed by atoms with van der Waals surface area (Å²) in [6.45, 7) is 2.97. The monoisotopic (exact) mass is 518 g/mol. The van der Waals surface area contributed by atoms with Gasteiger partial charge in [-0.2, -0.15) is 5.26 Å². The van der Waals surface area contributed by atoms with Crippen molar-refractivity contribution in [2.75, 3.05) is 13.1 Å². The number of nitriles is 1. The molecule has 0 atom stereocenters. The molecular formula is C31H30N6S. The van der Waals surface area contributed by atoms with Crippen LogP contribution in [0.2, 0.25) is 0 Å². The minimum Gasteiger partial charge on any atom is -0.362 e. The first-order chi connectivity index (χ1) is 18.7. The van der Waals surface area contributed by atoms with Crippen LogP contribution in [0.1, 0.15) is 27.9 Å². The molecule has 6 nitrogen and oxygen atoms in total. The zero-order chi connectivity index (χ0) is 26.2. The maximum Gasteiger partial charge on any atom is 0.169 e. The fraction of sp³-hybridized carbons (Fsp3) is 0.194. The van der Waals surface area contributed by atoms with Crippen molar-refractivity contribution in [3.63, 3.8) is 0 Å². The largest absolute Gasteiger partial charge is 0.362 e. The molecule has 0 aliphatic rings. The Morgan fingerprint density at radius 3 is 2.58 bits per heavy atom. The molecule has 0 fully saturated rings. The Bertz CT molecular complexity index is 1530. The molecule has 0 aliphatic heterocycles. The van der Waals surface area contributed by atoms with Crippen LogP contribution in [0.4, 0.5) is 0 Å². The lowest BCUT2D eigenvalue weighted by Crippen LogP contribution is -2.41. The summed E-state index contributed by atoms with van der Waals surface area (Å²) >= 11 is 5.90. The predicted molar refractivity (Wildman–Crippen MR) is 156 cm³/mol. The third-order valence-corrected chi connectivity index (χ3v) is 7.13. The van der Waals surface area contributed by atoms with Gasteiger partial charge in [0.15, 0.2) is 5.11 Å². The maximum absolute atomic E-state index is 9.07. The van der Waals surface area contributed by atoms with E-state index in [1.807, 2.05) is 48.9 Å². The van der Waals surface area contributed by atoms with E-state index in [4.69, 9.17) is 17.5 Å². The van der Waals surface area contributed by atoms with Crippen LogP contribution in [0.5, 0.6) is 0 Å². The highest BCUT2D eigenvalue weighted by molar-refractivity contribution is 7.80. The Morgan fingerprint density at radius 2 is 1.76 bits per heavy atom. The summed E-state index contributed by atoms with van der Waals surface area (Å²) in [5, 5.41) is 14.5. The van der Waals surface area contributed by atoms with Crippen molar-refractivity contribution in [2.24, 2.45) is 0 Å². The second kappa shape index (κ2) is 12.2. The summed E-state index contributed by atoms with van der Waals surface area (Å²) in [5.41, 5.74) is 6.59. The van der Waals surface area contributed by atoms with Gasteiger partial charge in [0.05, 0.1) is 18.0 Å². The molecule has 0 unspecified atom stereocenters. The Kier molecular flexibility index (Phi) is 8.12. The van der Waals surface area contributed by atoms with E-state index in [0.717, 1.165) is 47.8 Å². The van der Waals surface area contributed by atoms with Crippen molar-refractivity contribution in [1.29, 1.82) is 5.26 Å². The first-order valence-corrected chi connectivity index (χ1v) is 13.2. The lowest BCUT2D eigenvalue weighted by molar-refractivity contribution is 0.407. The van der Waals surface area contributed by atoms with Crippen molar-refractivity contribution in [1.82, 2.24) is 24.8 Å². The minimum absolute atomic E-state index is 0.667. The highest BCUT2D eigenvalue weighted by atomic mass is 32.1. The molecule has 7 heteroatoms. The molecule has 3 aromatic carbocycles. The van der Waals surface area contributed by atoms with Gasteiger partial charge in [0.2, 0.25) is 0 Å². The number of H-pyrrole nitrogens is 1. The van der Waals surface area contributed by atoms with E-state index >= 15 is 0 Å². The summed E-state index contributed by atoms with van der Waals surface area (Å²) in [4.78, 5) is 10.0. The van der Waals surface area contributed by atoms with Crippen molar-refractivity contribution in [3.8, 4) is 6.07 Å². The highest BCUT2D eigenvalue weighted by Gasteiger charge is 2.15. The number of hydrogen-bond acceptors (Lipinski definition) is 3. The van der Waals surface area contributed by atoms with Crippen LogP contribution in [0.15, 0.2) is 97.6 Å². The third-order valence-electron chi connectivity index (χ3n) is 6.73. The van der Waals surface area contributed by atoms with Crippen molar-refractivity contribution < 1.29 is 0 Å². The lowest BCUT2D eigenvalue weighted by atomic mass is 10.1. The summed E-state index contributed by atoms with van der Waals surface area (Å²) in [5.74, 6) is 0. The lowest BCUT2D eigenvalue weighted by Gasteiger charge is -2.26. The molecule has 2 N–H and O–H groups in total. The molecule has 38 heavy (non-hydrogen) atoms. The van der Waals surface area contributed by atoms with Crippen LogP contribution in [0.25, 0.3) is 10.9 Å². The Hall–Kier alpha value is -4.41. The molecule has 0 amide bonds. The van der Waals surface area contributed by atoms with Crippen molar-refractivity contribution in [3.05, 3.63) is 126 Å². The maximum atomic E-state index is 9.07. The van der Waals surface area contributed by atoms with Crippen LogP contribution in [0.3, 0.4) is 0 Å². The molecule has 0 saturated heterocycles. The zero-order valence-corrected chi connectivity index (χ0v) is 22.0. The standard InChI is InChI=1S/C31H30N6S/c32-18-25-10-12-26(13-11-25)21-37-23-33-20-28(37)15-17-36(22-27-19-35-30-9-5-4-8-29(27)30)31(38)34-16-14-24-6-2-1-3-7-24/h1-13,19-20,23,35H,14-17,21-22H2,(H,34,38).